The lowest BCUT2D eigenvalue weighted by Gasteiger charge is -2.10. The van der Waals surface area contributed by atoms with Crippen molar-refractivity contribution in [2.45, 2.75) is 6.18 Å². The monoisotopic (exact) mass is 639 g/mol. The van der Waals surface area contributed by atoms with Crippen molar-refractivity contribution >= 4 is 56.5 Å². The number of carbonyl (C=O) groups excluding carboxylic acids is 2. The predicted octanol–water partition coefficient (Wildman–Crippen LogP) is 8.25. The standard InChI is InChI=1S/C30H18BrClF3N3O3/c31-21-9-12-25(41-29(40)18-7-4-8-20(13-18)30(33,34)35)19(14-21)16-36-38-28(39)27-26(17-5-2-1-3-6-17)23-15-22(32)10-11-24(23)37-27/h1-16,37H,(H,38,39). The number of fused-ring (bicyclic) bond motifs is 1. The van der Waals surface area contributed by atoms with Crippen LogP contribution in [-0.4, -0.2) is 23.1 Å². The average Bonchev–Trinajstić information content (AvgIpc) is 3.33. The molecular weight excluding hydrogens is 623 g/mol. The largest absolute Gasteiger partial charge is 0.422 e. The fourth-order valence-corrected chi connectivity index (χ4v) is 4.70. The Morgan fingerprint density at radius 2 is 1.73 bits per heavy atom. The number of halogens is 5. The number of rotatable bonds is 6. The summed E-state index contributed by atoms with van der Waals surface area (Å²) in [6, 6.07) is 23.1. The molecule has 1 heterocycles. The van der Waals surface area contributed by atoms with Gasteiger partial charge in [-0.2, -0.15) is 18.3 Å². The van der Waals surface area contributed by atoms with E-state index in [1.165, 1.54) is 18.3 Å². The number of amides is 1. The van der Waals surface area contributed by atoms with Crippen molar-refractivity contribution in [2.24, 2.45) is 5.10 Å². The van der Waals surface area contributed by atoms with Crippen LogP contribution in [0.2, 0.25) is 5.02 Å². The highest BCUT2D eigenvalue weighted by molar-refractivity contribution is 9.10. The predicted molar refractivity (Wildman–Crippen MR) is 154 cm³/mol. The average molecular weight is 641 g/mol. The van der Waals surface area contributed by atoms with Crippen LogP contribution in [0.1, 0.15) is 32.0 Å². The SMILES string of the molecule is O=C(Oc1ccc(Br)cc1C=NNC(=O)c1[nH]c2ccc(Cl)cc2c1-c1ccccc1)c1cccc(C(F)(F)F)c1. The molecule has 41 heavy (non-hydrogen) atoms. The van der Waals surface area contributed by atoms with E-state index in [1.807, 2.05) is 30.3 Å². The summed E-state index contributed by atoms with van der Waals surface area (Å²) in [7, 11) is 0. The van der Waals surface area contributed by atoms with Crippen LogP contribution in [0.15, 0.2) is 101 Å². The molecule has 0 fully saturated rings. The first-order valence-electron chi connectivity index (χ1n) is 12.0. The van der Waals surface area contributed by atoms with Crippen LogP contribution in [0.4, 0.5) is 13.2 Å². The van der Waals surface area contributed by atoms with Crippen molar-refractivity contribution in [3.8, 4) is 16.9 Å². The summed E-state index contributed by atoms with van der Waals surface area (Å²) in [6.45, 7) is 0. The Balaban J connectivity index is 1.40. The van der Waals surface area contributed by atoms with Gasteiger partial charge in [0, 0.05) is 31.5 Å². The van der Waals surface area contributed by atoms with Gasteiger partial charge in [-0.25, -0.2) is 10.2 Å². The molecule has 11 heteroatoms. The van der Waals surface area contributed by atoms with Crippen LogP contribution < -0.4 is 10.2 Å². The lowest BCUT2D eigenvalue weighted by atomic mass is 10.0. The van der Waals surface area contributed by atoms with Gasteiger partial charge in [0.1, 0.15) is 11.4 Å². The quantitative estimate of drug-likeness (QED) is 0.0849. The number of hydrazone groups is 1. The van der Waals surface area contributed by atoms with Crippen molar-refractivity contribution in [3.05, 3.63) is 123 Å². The summed E-state index contributed by atoms with van der Waals surface area (Å²) in [5, 5.41) is 5.31. The van der Waals surface area contributed by atoms with E-state index < -0.39 is 23.6 Å². The summed E-state index contributed by atoms with van der Waals surface area (Å²) in [5.74, 6) is -1.50. The number of carbonyl (C=O) groups is 2. The molecule has 0 aliphatic heterocycles. The van der Waals surface area contributed by atoms with Gasteiger partial charge in [0.25, 0.3) is 5.91 Å². The number of hydrogen-bond acceptors (Lipinski definition) is 4. The zero-order valence-corrected chi connectivity index (χ0v) is 23.1. The van der Waals surface area contributed by atoms with Crippen molar-refractivity contribution in [1.82, 2.24) is 10.4 Å². The zero-order chi connectivity index (χ0) is 29.1. The first kappa shape index (κ1) is 28.1. The lowest BCUT2D eigenvalue weighted by Crippen LogP contribution is -2.19. The number of benzene rings is 4. The van der Waals surface area contributed by atoms with E-state index >= 15 is 0 Å². The summed E-state index contributed by atoms with van der Waals surface area (Å²) < 4.78 is 45.2. The second-order valence-electron chi connectivity index (χ2n) is 8.78. The molecule has 0 aliphatic rings. The first-order chi connectivity index (χ1) is 19.6. The maximum Gasteiger partial charge on any atom is 0.416 e. The maximum atomic E-state index is 13.2. The summed E-state index contributed by atoms with van der Waals surface area (Å²) in [5.41, 5.74) is 3.93. The smallest absolute Gasteiger partial charge is 0.416 e. The van der Waals surface area contributed by atoms with Crippen molar-refractivity contribution < 1.29 is 27.5 Å². The molecule has 0 saturated heterocycles. The number of esters is 1. The van der Waals surface area contributed by atoms with Gasteiger partial charge in [-0.05, 0) is 60.2 Å². The van der Waals surface area contributed by atoms with Crippen LogP contribution in [0, 0.1) is 0 Å². The molecule has 6 nitrogen and oxygen atoms in total. The van der Waals surface area contributed by atoms with E-state index in [2.05, 4.69) is 31.4 Å². The highest BCUT2D eigenvalue weighted by atomic mass is 79.9. The Hall–Kier alpha value is -4.41. The molecule has 2 N–H and O–H groups in total. The number of hydrogen-bond donors (Lipinski definition) is 2. The van der Waals surface area contributed by atoms with Crippen LogP contribution >= 0.6 is 27.5 Å². The van der Waals surface area contributed by atoms with Gasteiger partial charge in [0.2, 0.25) is 0 Å². The molecular formula is C30H18BrClF3N3O3. The molecule has 0 saturated carbocycles. The van der Waals surface area contributed by atoms with E-state index in [0.29, 0.717) is 26.6 Å². The van der Waals surface area contributed by atoms with Gasteiger partial charge in [0.05, 0.1) is 17.3 Å². The molecule has 4 aromatic carbocycles. The minimum atomic E-state index is -4.61. The molecule has 0 aliphatic carbocycles. The second kappa shape index (κ2) is 11.6. The molecule has 0 atom stereocenters. The molecule has 1 aromatic heterocycles. The first-order valence-corrected chi connectivity index (χ1v) is 13.2. The Labute approximate surface area is 244 Å². The van der Waals surface area contributed by atoms with Crippen LogP contribution in [0.5, 0.6) is 5.75 Å². The van der Waals surface area contributed by atoms with Crippen LogP contribution in [0.3, 0.4) is 0 Å². The van der Waals surface area contributed by atoms with Gasteiger partial charge < -0.3 is 9.72 Å². The fraction of sp³-hybridized carbons (Fsp3) is 0.0333. The zero-order valence-electron chi connectivity index (χ0n) is 20.8. The number of ether oxygens (including phenoxy) is 1. The Morgan fingerprint density at radius 3 is 2.49 bits per heavy atom. The van der Waals surface area contributed by atoms with E-state index in [-0.39, 0.29) is 22.6 Å². The highest BCUT2D eigenvalue weighted by Crippen LogP contribution is 2.34. The van der Waals surface area contributed by atoms with Gasteiger partial charge in [-0.15, -0.1) is 0 Å². The number of alkyl halides is 3. The molecule has 0 spiro atoms. The summed E-state index contributed by atoms with van der Waals surface area (Å²) in [6.07, 6.45) is -3.35. The van der Waals surface area contributed by atoms with E-state index in [0.717, 1.165) is 23.1 Å². The lowest BCUT2D eigenvalue weighted by molar-refractivity contribution is -0.137. The van der Waals surface area contributed by atoms with E-state index in [4.69, 9.17) is 16.3 Å². The fourth-order valence-electron chi connectivity index (χ4n) is 4.15. The molecule has 1 amide bonds. The van der Waals surface area contributed by atoms with Crippen molar-refractivity contribution in [2.75, 3.05) is 0 Å². The normalized spacial score (nSPS) is 11.6. The second-order valence-corrected chi connectivity index (χ2v) is 10.1. The molecule has 206 valence electrons. The number of aromatic amines is 1. The molecule has 0 bridgehead atoms. The van der Waals surface area contributed by atoms with Crippen LogP contribution in [0.25, 0.3) is 22.0 Å². The van der Waals surface area contributed by atoms with Gasteiger partial charge in [-0.1, -0.05) is 63.9 Å². The van der Waals surface area contributed by atoms with Gasteiger partial charge in [-0.3, -0.25) is 4.79 Å². The maximum absolute atomic E-state index is 13.2. The van der Waals surface area contributed by atoms with Crippen molar-refractivity contribution in [3.63, 3.8) is 0 Å². The molecule has 0 unspecified atom stereocenters. The van der Waals surface area contributed by atoms with Crippen LogP contribution in [-0.2, 0) is 6.18 Å². The highest BCUT2D eigenvalue weighted by Gasteiger charge is 2.31. The van der Waals surface area contributed by atoms with Crippen molar-refractivity contribution in [1.29, 1.82) is 0 Å². The minimum absolute atomic E-state index is 0.0267. The number of nitrogens with zero attached hydrogens (tertiary/aromatic N) is 1. The van der Waals surface area contributed by atoms with Gasteiger partial charge in [0.15, 0.2) is 0 Å². The Kier molecular flexibility index (Phi) is 7.96. The number of nitrogens with one attached hydrogen (secondary N) is 2. The minimum Gasteiger partial charge on any atom is -0.422 e. The summed E-state index contributed by atoms with van der Waals surface area (Å²) >= 11 is 9.55. The Bertz CT molecular complexity index is 1800. The number of H-pyrrole nitrogens is 1. The number of aromatic nitrogens is 1. The van der Waals surface area contributed by atoms with E-state index in [9.17, 15) is 22.8 Å². The molecule has 5 aromatic rings. The third-order valence-electron chi connectivity index (χ3n) is 6.02. The topological polar surface area (TPSA) is 83.5 Å². The third kappa shape index (κ3) is 6.34. The summed E-state index contributed by atoms with van der Waals surface area (Å²) in [4.78, 5) is 29.0. The van der Waals surface area contributed by atoms with E-state index in [1.54, 1.807) is 30.3 Å². The van der Waals surface area contributed by atoms with Gasteiger partial charge >= 0.3 is 12.1 Å². The Morgan fingerprint density at radius 1 is 0.951 bits per heavy atom. The third-order valence-corrected chi connectivity index (χ3v) is 6.75. The molecule has 5 rings (SSSR count). The molecule has 0 radical (unpaired) electrons.